The lowest BCUT2D eigenvalue weighted by Gasteiger charge is -2.18. The van der Waals surface area contributed by atoms with E-state index < -0.39 is 12.0 Å². The van der Waals surface area contributed by atoms with Crippen molar-refractivity contribution < 1.29 is 24.2 Å². The molecule has 0 aromatic rings. The zero-order valence-electron chi connectivity index (χ0n) is 32.3. The van der Waals surface area contributed by atoms with Crippen LogP contribution >= 0.6 is 0 Å². The van der Waals surface area contributed by atoms with Crippen LogP contribution in [-0.4, -0.2) is 41.6 Å². The second-order valence-corrected chi connectivity index (χ2v) is 14.4. The molecule has 1 amide bonds. The molecule has 7 heteroatoms. The van der Waals surface area contributed by atoms with E-state index in [4.69, 9.17) is 10.5 Å². The first kappa shape index (κ1) is 47.1. The van der Waals surface area contributed by atoms with Crippen LogP contribution in [-0.2, 0) is 19.1 Å². The van der Waals surface area contributed by atoms with E-state index in [9.17, 15) is 19.5 Å². The van der Waals surface area contributed by atoms with Crippen molar-refractivity contribution in [1.82, 2.24) is 5.32 Å². The van der Waals surface area contributed by atoms with Crippen LogP contribution in [0.15, 0.2) is 12.2 Å². The summed E-state index contributed by atoms with van der Waals surface area (Å²) in [5.74, 6) is -1.31. The first-order valence-corrected chi connectivity index (χ1v) is 21.0. The van der Waals surface area contributed by atoms with Crippen molar-refractivity contribution in [2.45, 2.75) is 231 Å². The van der Waals surface area contributed by atoms with Crippen molar-refractivity contribution in [1.29, 1.82) is 0 Å². The van der Waals surface area contributed by atoms with E-state index in [1.165, 1.54) is 122 Å². The molecule has 0 heterocycles. The molecule has 0 rings (SSSR count). The number of carboxylic acid groups (broad SMARTS) is 1. The largest absolute Gasteiger partial charge is 0.480 e. The molecule has 0 fully saturated rings. The Morgan fingerprint density at radius 2 is 1.00 bits per heavy atom. The molecule has 0 radical (unpaired) electrons. The summed E-state index contributed by atoms with van der Waals surface area (Å²) in [5.41, 5.74) is 5.47. The van der Waals surface area contributed by atoms with Gasteiger partial charge in [-0.25, -0.2) is 4.79 Å². The van der Waals surface area contributed by atoms with E-state index in [2.05, 4.69) is 31.3 Å². The maximum atomic E-state index is 12.6. The second kappa shape index (κ2) is 37.4. The lowest BCUT2D eigenvalue weighted by atomic mass is 10.0. The van der Waals surface area contributed by atoms with Gasteiger partial charge < -0.3 is 20.9 Å². The van der Waals surface area contributed by atoms with Gasteiger partial charge >= 0.3 is 11.9 Å². The standard InChI is InChI=1S/C42H80N2O5/c1-3-5-7-9-10-11-12-13-14-15-16-17-18-19-20-21-22-23-24-25-30-36-41(46)49-38(32-27-8-6-4-2)33-28-26-29-35-40(45)44-39(42(47)48)34-31-37-43/h15-16,38-39H,3-14,17-37,43H2,1-2H3,(H,44,45)(H,47,48)/b16-15-. The topological polar surface area (TPSA) is 119 Å². The number of allylic oxidation sites excluding steroid dienone is 2. The van der Waals surface area contributed by atoms with Gasteiger partial charge in [0.15, 0.2) is 0 Å². The van der Waals surface area contributed by atoms with Crippen molar-refractivity contribution in [2.75, 3.05) is 6.54 Å². The van der Waals surface area contributed by atoms with Crippen LogP contribution in [0.25, 0.3) is 0 Å². The van der Waals surface area contributed by atoms with Crippen molar-refractivity contribution >= 4 is 17.8 Å². The molecule has 0 aliphatic heterocycles. The van der Waals surface area contributed by atoms with Crippen LogP contribution in [0.2, 0.25) is 0 Å². The molecule has 2 atom stereocenters. The van der Waals surface area contributed by atoms with Crippen molar-refractivity contribution in [2.24, 2.45) is 5.73 Å². The van der Waals surface area contributed by atoms with Gasteiger partial charge in [0.1, 0.15) is 12.1 Å². The highest BCUT2D eigenvalue weighted by molar-refractivity contribution is 5.83. The van der Waals surface area contributed by atoms with Gasteiger partial charge in [0.05, 0.1) is 0 Å². The van der Waals surface area contributed by atoms with Crippen LogP contribution in [0.4, 0.5) is 0 Å². The summed E-state index contributed by atoms with van der Waals surface area (Å²) in [7, 11) is 0. The van der Waals surface area contributed by atoms with Gasteiger partial charge in [-0.3, -0.25) is 9.59 Å². The zero-order chi connectivity index (χ0) is 36.0. The van der Waals surface area contributed by atoms with Gasteiger partial charge in [0.25, 0.3) is 0 Å². The van der Waals surface area contributed by atoms with Gasteiger partial charge in [-0.05, 0) is 83.6 Å². The highest BCUT2D eigenvalue weighted by atomic mass is 16.5. The summed E-state index contributed by atoms with van der Waals surface area (Å²) in [5, 5.41) is 11.9. The van der Waals surface area contributed by atoms with Gasteiger partial charge in [-0.1, -0.05) is 142 Å². The minimum atomic E-state index is -1.02. The van der Waals surface area contributed by atoms with Crippen molar-refractivity contribution in [3.63, 3.8) is 0 Å². The first-order chi connectivity index (χ1) is 23.9. The molecule has 7 nitrogen and oxygen atoms in total. The van der Waals surface area contributed by atoms with E-state index in [1.807, 2.05) is 0 Å². The molecule has 0 saturated carbocycles. The number of aliphatic carboxylic acids is 1. The summed E-state index contributed by atoms with van der Waals surface area (Å²) in [6.07, 6.45) is 40.0. The van der Waals surface area contributed by atoms with E-state index in [1.54, 1.807) is 0 Å². The van der Waals surface area contributed by atoms with Crippen LogP contribution in [0.5, 0.6) is 0 Å². The molecule has 49 heavy (non-hydrogen) atoms. The monoisotopic (exact) mass is 693 g/mol. The normalized spacial score (nSPS) is 12.7. The number of hydrogen-bond acceptors (Lipinski definition) is 5. The molecule has 0 aromatic heterocycles. The number of hydrogen-bond donors (Lipinski definition) is 3. The molecule has 0 bridgehead atoms. The van der Waals surface area contributed by atoms with Crippen LogP contribution in [0.1, 0.15) is 219 Å². The Bertz CT molecular complexity index is 787. The van der Waals surface area contributed by atoms with Crippen LogP contribution < -0.4 is 11.1 Å². The molecule has 0 aromatic carbocycles. The maximum Gasteiger partial charge on any atom is 0.326 e. The molecule has 0 aliphatic rings. The summed E-state index contributed by atoms with van der Waals surface area (Å²) in [6, 6.07) is -0.871. The lowest BCUT2D eigenvalue weighted by molar-refractivity contribution is -0.150. The Hall–Kier alpha value is -1.89. The molecule has 288 valence electrons. The number of rotatable bonds is 38. The van der Waals surface area contributed by atoms with Gasteiger partial charge in [0.2, 0.25) is 5.91 Å². The highest BCUT2D eigenvalue weighted by Crippen LogP contribution is 2.18. The number of nitrogens with one attached hydrogen (secondary N) is 1. The van der Waals surface area contributed by atoms with E-state index in [0.29, 0.717) is 38.6 Å². The van der Waals surface area contributed by atoms with Crippen molar-refractivity contribution in [3.8, 4) is 0 Å². The summed E-state index contributed by atoms with van der Waals surface area (Å²) in [4.78, 5) is 36.2. The molecule has 0 spiro atoms. The SMILES string of the molecule is CCCCCCCCCC/C=C\CCCCCCCCCCCC(=O)OC(CCCCCC)CCCCCC(=O)NC(CCCN)C(=O)O. The first-order valence-electron chi connectivity index (χ1n) is 21.0. The minimum Gasteiger partial charge on any atom is -0.480 e. The van der Waals surface area contributed by atoms with E-state index in [0.717, 1.165) is 51.4 Å². The third-order valence-corrected chi connectivity index (χ3v) is 9.58. The number of esters is 1. The number of carboxylic acids is 1. The Morgan fingerprint density at radius 1 is 0.571 bits per heavy atom. The number of ether oxygens (including phenoxy) is 1. The third kappa shape index (κ3) is 34.3. The van der Waals surface area contributed by atoms with E-state index in [-0.39, 0.29) is 18.0 Å². The van der Waals surface area contributed by atoms with Gasteiger partial charge in [0, 0.05) is 12.8 Å². The highest BCUT2D eigenvalue weighted by Gasteiger charge is 2.19. The zero-order valence-corrected chi connectivity index (χ0v) is 32.3. The second-order valence-electron chi connectivity index (χ2n) is 14.4. The van der Waals surface area contributed by atoms with Crippen molar-refractivity contribution in [3.05, 3.63) is 12.2 Å². The van der Waals surface area contributed by atoms with E-state index >= 15 is 0 Å². The molecule has 4 N–H and O–H groups in total. The Labute approximate surface area is 302 Å². The van der Waals surface area contributed by atoms with Crippen LogP contribution in [0, 0.1) is 0 Å². The Kier molecular flexibility index (Phi) is 35.9. The molecule has 2 unspecified atom stereocenters. The summed E-state index contributed by atoms with van der Waals surface area (Å²) < 4.78 is 5.92. The number of amides is 1. The fourth-order valence-electron chi connectivity index (χ4n) is 6.39. The predicted molar refractivity (Wildman–Crippen MR) is 207 cm³/mol. The molecule has 0 aliphatic carbocycles. The molecule has 0 saturated heterocycles. The minimum absolute atomic E-state index is 0.0452. The van der Waals surface area contributed by atoms with Crippen LogP contribution in [0.3, 0.4) is 0 Å². The maximum absolute atomic E-state index is 12.6. The number of carbonyl (C=O) groups is 3. The van der Waals surface area contributed by atoms with Gasteiger partial charge in [-0.15, -0.1) is 0 Å². The predicted octanol–water partition coefficient (Wildman–Crippen LogP) is 11.5. The average Bonchev–Trinajstić information content (AvgIpc) is 3.08. The lowest BCUT2D eigenvalue weighted by Crippen LogP contribution is -2.40. The molecular weight excluding hydrogens is 612 g/mol. The Balaban J connectivity index is 3.90. The number of unbranched alkanes of at least 4 members (excludes halogenated alkanes) is 22. The smallest absolute Gasteiger partial charge is 0.326 e. The number of carbonyl (C=O) groups excluding carboxylic acids is 2. The Morgan fingerprint density at radius 3 is 1.49 bits per heavy atom. The fraction of sp³-hybridized carbons (Fsp3) is 0.881. The quantitative estimate of drug-likeness (QED) is 0.0337. The fourth-order valence-corrected chi connectivity index (χ4v) is 6.39. The number of nitrogens with two attached hydrogens (primary N) is 1. The van der Waals surface area contributed by atoms with Gasteiger partial charge in [-0.2, -0.15) is 0 Å². The molecular formula is C42H80N2O5. The third-order valence-electron chi connectivity index (χ3n) is 9.58. The average molecular weight is 693 g/mol. The summed E-state index contributed by atoms with van der Waals surface area (Å²) in [6.45, 7) is 4.88. The summed E-state index contributed by atoms with van der Waals surface area (Å²) >= 11 is 0.